The van der Waals surface area contributed by atoms with Gasteiger partial charge in [0.05, 0.1) is 0 Å². The van der Waals surface area contributed by atoms with E-state index in [1.807, 2.05) is 6.92 Å². The molecule has 4 nitrogen and oxygen atoms in total. The number of hydrogen-bond donors (Lipinski definition) is 1. The summed E-state index contributed by atoms with van der Waals surface area (Å²) in [6.45, 7) is 2.95. The summed E-state index contributed by atoms with van der Waals surface area (Å²) in [7, 11) is 0. The van der Waals surface area contributed by atoms with E-state index in [9.17, 15) is 23.9 Å². The highest BCUT2D eigenvalue weighted by Crippen LogP contribution is 2.67. The Balaban J connectivity index is 1.70. The van der Waals surface area contributed by atoms with Crippen molar-refractivity contribution in [1.29, 1.82) is 0 Å². The van der Waals surface area contributed by atoms with Crippen molar-refractivity contribution >= 4 is 17.3 Å². The zero-order chi connectivity index (χ0) is 18.9. The van der Waals surface area contributed by atoms with Crippen LogP contribution >= 0.6 is 0 Å². The van der Waals surface area contributed by atoms with E-state index in [2.05, 4.69) is 6.92 Å². The van der Waals surface area contributed by atoms with Crippen LogP contribution in [0.5, 0.6) is 0 Å². The number of aliphatic hydroxyl groups is 1. The number of hydrogen-bond acceptors (Lipinski definition) is 4. The molecule has 4 rings (SSSR count). The van der Waals surface area contributed by atoms with E-state index in [0.717, 1.165) is 31.3 Å². The van der Waals surface area contributed by atoms with Crippen LogP contribution in [0.15, 0.2) is 11.6 Å². The van der Waals surface area contributed by atoms with Crippen molar-refractivity contribution in [3.8, 4) is 0 Å². The van der Waals surface area contributed by atoms with Gasteiger partial charge in [-0.15, -0.1) is 0 Å². The Kier molecular flexibility index (Phi) is 3.86. The van der Waals surface area contributed by atoms with Gasteiger partial charge in [0.1, 0.15) is 5.60 Å². The average molecular weight is 362 g/mol. The Bertz CT molecular complexity index is 728. The smallest absolute Gasteiger partial charge is 0.221 e. The number of fused-ring (bicyclic) bond motifs is 5. The summed E-state index contributed by atoms with van der Waals surface area (Å²) in [4.78, 5) is 36.2. The molecule has 0 radical (unpaired) electrons. The molecule has 6 atom stereocenters. The lowest BCUT2D eigenvalue weighted by molar-refractivity contribution is -0.163. The molecule has 0 saturated heterocycles. The summed E-state index contributed by atoms with van der Waals surface area (Å²) in [5.41, 5.74) is -1.35. The van der Waals surface area contributed by atoms with Crippen molar-refractivity contribution in [2.75, 3.05) is 6.67 Å². The van der Waals surface area contributed by atoms with Crippen LogP contribution in [0.4, 0.5) is 4.39 Å². The lowest BCUT2D eigenvalue weighted by Gasteiger charge is -2.58. The fraction of sp³-hybridized carbons (Fsp3) is 0.762. The van der Waals surface area contributed by atoms with Gasteiger partial charge in [0.2, 0.25) is 11.6 Å². The molecular formula is C21H27FO4. The third kappa shape index (κ3) is 2.07. The van der Waals surface area contributed by atoms with Crippen LogP contribution in [0.1, 0.15) is 58.8 Å². The molecule has 0 aromatic carbocycles. The second-order valence-corrected chi connectivity index (χ2v) is 9.38. The zero-order valence-electron chi connectivity index (χ0n) is 15.5. The van der Waals surface area contributed by atoms with Crippen LogP contribution in [0.25, 0.3) is 0 Å². The summed E-state index contributed by atoms with van der Waals surface area (Å²) in [5, 5.41) is 11.1. The average Bonchev–Trinajstić information content (AvgIpc) is 2.88. The maximum Gasteiger partial charge on any atom is 0.221 e. The van der Waals surface area contributed by atoms with Gasteiger partial charge in [-0.3, -0.25) is 14.4 Å². The van der Waals surface area contributed by atoms with Gasteiger partial charge in [0.15, 0.2) is 12.5 Å². The zero-order valence-corrected chi connectivity index (χ0v) is 15.5. The van der Waals surface area contributed by atoms with E-state index in [0.29, 0.717) is 18.8 Å². The predicted octanol–water partition coefficient (Wildman–Crippen LogP) is 2.97. The highest BCUT2D eigenvalue weighted by atomic mass is 19.1. The van der Waals surface area contributed by atoms with Crippen molar-refractivity contribution in [3.63, 3.8) is 0 Å². The number of carbonyl (C=O) groups is 3. The lowest BCUT2D eigenvalue weighted by atomic mass is 9.46. The summed E-state index contributed by atoms with van der Waals surface area (Å²) >= 11 is 0. The second kappa shape index (κ2) is 5.57. The molecule has 142 valence electrons. The van der Waals surface area contributed by atoms with Crippen molar-refractivity contribution in [1.82, 2.24) is 0 Å². The van der Waals surface area contributed by atoms with Crippen LogP contribution < -0.4 is 0 Å². The standard InChI is InChI=1S/C21H27FO4/c1-19-10-17(24)16(23)9-12(19)3-4-13-14(19)5-7-20(2)15(13)6-8-21(20,26)18(25)11-22/h9,13-15,26H,3-8,10-11H2,1-2H3/t13-,14+,15+,19+,20+,21+/m1/s1. The molecule has 4 aliphatic rings. The summed E-state index contributed by atoms with van der Waals surface area (Å²) in [6, 6.07) is 0. The molecule has 0 spiro atoms. The number of Topliss-reactive ketones (excluding diaryl/α,β-unsaturated/α-hetero) is 2. The summed E-state index contributed by atoms with van der Waals surface area (Å²) < 4.78 is 13.1. The fourth-order valence-corrected chi connectivity index (χ4v) is 7.05. The monoisotopic (exact) mass is 362 g/mol. The third-order valence-electron chi connectivity index (χ3n) is 8.58. The van der Waals surface area contributed by atoms with Gasteiger partial charge >= 0.3 is 0 Å². The number of carbonyl (C=O) groups excluding carboxylic acids is 3. The fourth-order valence-electron chi connectivity index (χ4n) is 7.05. The van der Waals surface area contributed by atoms with E-state index in [1.54, 1.807) is 6.08 Å². The Labute approximate surface area is 153 Å². The van der Waals surface area contributed by atoms with E-state index >= 15 is 0 Å². The first kappa shape index (κ1) is 18.0. The minimum Gasteiger partial charge on any atom is -0.381 e. The largest absolute Gasteiger partial charge is 0.381 e. The first-order valence-corrected chi connectivity index (χ1v) is 9.77. The molecule has 0 bridgehead atoms. The van der Waals surface area contributed by atoms with Crippen LogP contribution in [0, 0.1) is 28.6 Å². The molecule has 1 N–H and O–H groups in total. The van der Waals surface area contributed by atoms with Crippen LogP contribution in [-0.4, -0.2) is 34.7 Å². The van der Waals surface area contributed by atoms with Gasteiger partial charge in [0, 0.05) is 11.8 Å². The van der Waals surface area contributed by atoms with E-state index in [1.165, 1.54) is 0 Å². The highest BCUT2D eigenvalue weighted by Gasteiger charge is 2.66. The molecule has 4 aliphatic carbocycles. The van der Waals surface area contributed by atoms with Crippen molar-refractivity contribution in [2.45, 2.75) is 64.4 Å². The molecule has 3 fully saturated rings. The molecule has 3 saturated carbocycles. The molecule has 0 aromatic heterocycles. The Hall–Kier alpha value is -1.36. The van der Waals surface area contributed by atoms with Crippen molar-refractivity contribution < 1.29 is 23.9 Å². The van der Waals surface area contributed by atoms with Gasteiger partial charge in [-0.2, -0.15) is 0 Å². The van der Waals surface area contributed by atoms with Crippen LogP contribution in [0.2, 0.25) is 0 Å². The first-order chi connectivity index (χ1) is 12.2. The maximum atomic E-state index is 13.1. The minimum absolute atomic E-state index is 0.160. The molecule has 0 heterocycles. The maximum absolute atomic E-state index is 13.1. The molecule has 0 unspecified atom stereocenters. The third-order valence-corrected chi connectivity index (χ3v) is 8.58. The van der Waals surface area contributed by atoms with Crippen molar-refractivity contribution in [2.24, 2.45) is 28.6 Å². The highest BCUT2D eigenvalue weighted by molar-refractivity contribution is 6.42. The number of halogens is 1. The van der Waals surface area contributed by atoms with E-state index in [4.69, 9.17) is 0 Å². The quantitative estimate of drug-likeness (QED) is 0.767. The molecule has 0 aromatic rings. The normalized spacial score (nSPS) is 47.7. The number of ketones is 3. The first-order valence-electron chi connectivity index (χ1n) is 9.77. The van der Waals surface area contributed by atoms with Crippen LogP contribution in [0.3, 0.4) is 0 Å². The SMILES string of the molecule is C[C@]12CC(=O)C(=O)C=C1CC[C@@H]1[C@@H]2CC[C@@]2(C)[C@H]1CC[C@]2(O)C(=O)CF. The van der Waals surface area contributed by atoms with Crippen LogP contribution in [-0.2, 0) is 14.4 Å². The Morgan fingerprint density at radius 1 is 1.19 bits per heavy atom. The van der Waals surface area contributed by atoms with E-state index in [-0.39, 0.29) is 35.2 Å². The number of rotatable bonds is 2. The Morgan fingerprint density at radius 3 is 2.58 bits per heavy atom. The van der Waals surface area contributed by atoms with E-state index < -0.39 is 23.5 Å². The summed E-state index contributed by atoms with van der Waals surface area (Å²) in [5.74, 6) is -0.616. The topological polar surface area (TPSA) is 71.4 Å². The molecule has 0 amide bonds. The lowest BCUT2D eigenvalue weighted by Crippen LogP contribution is -2.58. The molecular weight excluding hydrogens is 335 g/mol. The minimum atomic E-state index is -1.56. The van der Waals surface area contributed by atoms with Gasteiger partial charge in [-0.25, -0.2) is 4.39 Å². The predicted molar refractivity (Wildman–Crippen MR) is 93.0 cm³/mol. The Morgan fingerprint density at radius 2 is 1.88 bits per heavy atom. The summed E-state index contributed by atoms with van der Waals surface area (Å²) in [6.07, 6.45) is 6.05. The van der Waals surface area contributed by atoms with Gasteiger partial charge < -0.3 is 5.11 Å². The van der Waals surface area contributed by atoms with Gasteiger partial charge in [-0.1, -0.05) is 19.4 Å². The number of allylic oxidation sites excluding steroid dienone is 1. The number of alkyl halides is 1. The van der Waals surface area contributed by atoms with Gasteiger partial charge in [0.25, 0.3) is 0 Å². The molecule has 5 heteroatoms. The van der Waals surface area contributed by atoms with Crippen molar-refractivity contribution in [3.05, 3.63) is 11.6 Å². The van der Waals surface area contributed by atoms with Gasteiger partial charge in [-0.05, 0) is 67.8 Å². The second-order valence-electron chi connectivity index (χ2n) is 9.38. The molecule has 26 heavy (non-hydrogen) atoms. The molecule has 0 aliphatic heterocycles.